The van der Waals surface area contributed by atoms with Gasteiger partial charge in [0.15, 0.2) is 5.76 Å². The number of aryl methyl sites for hydroxylation is 2. The average Bonchev–Trinajstić information content (AvgIpc) is 3.18. The molecule has 29 heavy (non-hydrogen) atoms. The molecule has 0 bridgehead atoms. The second-order valence-electron chi connectivity index (χ2n) is 6.64. The van der Waals surface area contributed by atoms with Crippen molar-refractivity contribution in [3.63, 3.8) is 0 Å². The summed E-state index contributed by atoms with van der Waals surface area (Å²) in [5.41, 5.74) is 2.89. The monoisotopic (exact) mass is 395 g/mol. The second kappa shape index (κ2) is 9.80. The molecule has 1 aromatic heterocycles. The fourth-order valence-corrected chi connectivity index (χ4v) is 2.76. The molecule has 0 saturated heterocycles. The van der Waals surface area contributed by atoms with Crippen molar-refractivity contribution in [2.75, 3.05) is 25.6 Å². The number of hydrogen-bond donors (Lipinski definition) is 1. The minimum absolute atomic E-state index is 0.227. The van der Waals surface area contributed by atoms with Gasteiger partial charge in [-0.3, -0.25) is 4.79 Å². The smallest absolute Gasteiger partial charge is 0.291 e. The minimum Gasteiger partial charge on any atom is -0.491 e. The maximum Gasteiger partial charge on any atom is 0.291 e. The zero-order valence-corrected chi connectivity index (χ0v) is 16.9. The number of methoxy groups -OCH3 is 1. The molecule has 6 nitrogen and oxygen atoms in total. The summed E-state index contributed by atoms with van der Waals surface area (Å²) in [6.45, 7) is 5.28. The van der Waals surface area contributed by atoms with Crippen molar-refractivity contribution in [1.29, 1.82) is 0 Å². The highest BCUT2D eigenvalue weighted by molar-refractivity contribution is 6.02. The summed E-state index contributed by atoms with van der Waals surface area (Å²) < 4.78 is 21.9. The molecule has 6 heteroatoms. The van der Waals surface area contributed by atoms with Crippen LogP contribution in [0, 0.1) is 13.8 Å². The quantitative estimate of drug-likeness (QED) is 0.529. The molecule has 0 unspecified atom stereocenters. The van der Waals surface area contributed by atoms with Gasteiger partial charge in [-0.05, 0) is 61.9 Å². The Bertz CT molecular complexity index is 946. The Morgan fingerprint density at radius 3 is 2.48 bits per heavy atom. The lowest BCUT2D eigenvalue weighted by Crippen LogP contribution is -2.11. The van der Waals surface area contributed by atoms with Crippen LogP contribution in [-0.4, -0.2) is 26.2 Å². The lowest BCUT2D eigenvalue weighted by atomic mass is 10.1. The van der Waals surface area contributed by atoms with E-state index in [1.54, 1.807) is 43.5 Å². The largest absolute Gasteiger partial charge is 0.491 e. The number of rotatable bonds is 9. The van der Waals surface area contributed by atoms with E-state index in [1.165, 1.54) is 5.56 Å². The number of furan rings is 1. The predicted molar refractivity (Wildman–Crippen MR) is 111 cm³/mol. The average molecular weight is 395 g/mol. The summed E-state index contributed by atoms with van der Waals surface area (Å²) in [4.78, 5) is 12.4. The third-order valence-corrected chi connectivity index (χ3v) is 4.25. The standard InChI is InChI=1S/C23H25NO5/c1-16-4-10-21(17(2)14-16)28-15-20-9-11-22(29-20)23(25)24-18-5-7-19(8-6-18)27-13-12-26-3/h4-11,14H,12-13,15H2,1-3H3,(H,24,25). The fraction of sp³-hybridized carbons (Fsp3) is 0.261. The SMILES string of the molecule is COCCOc1ccc(NC(=O)c2ccc(COc3ccc(C)cc3C)o2)cc1. The van der Waals surface area contributed by atoms with Crippen LogP contribution in [0.2, 0.25) is 0 Å². The summed E-state index contributed by atoms with van der Waals surface area (Å²) in [7, 11) is 1.62. The molecule has 0 saturated carbocycles. The molecule has 0 aliphatic heterocycles. The summed E-state index contributed by atoms with van der Waals surface area (Å²) in [5.74, 6) is 1.99. The molecular formula is C23H25NO5. The van der Waals surface area contributed by atoms with Crippen LogP contribution in [0.4, 0.5) is 5.69 Å². The lowest BCUT2D eigenvalue weighted by molar-refractivity contribution is 0.0992. The number of carbonyl (C=O) groups excluding carboxylic acids is 1. The van der Waals surface area contributed by atoms with E-state index < -0.39 is 0 Å². The third-order valence-electron chi connectivity index (χ3n) is 4.25. The topological polar surface area (TPSA) is 69.9 Å². The fourth-order valence-electron chi connectivity index (χ4n) is 2.76. The number of anilines is 1. The highest BCUT2D eigenvalue weighted by Crippen LogP contribution is 2.21. The van der Waals surface area contributed by atoms with Crippen LogP contribution in [0.3, 0.4) is 0 Å². The molecule has 0 fully saturated rings. The number of carbonyl (C=O) groups is 1. The van der Waals surface area contributed by atoms with E-state index in [9.17, 15) is 4.79 Å². The Hall–Kier alpha value is -3.25. The van der Waals surface area contributed by atoms with Gasteiger partial charge in [0.2, 0.25) is 0 Å². The van der Waals surface area contributed by atoms with Crippen molar-refractivity contribution in [2.45, 2.75) is 20.5 Å². The summed E-state index contributed by atoms with van der Waals surface area (Å²) in [5, 5.41) is 2.80. The van der Waals surface area contributed by atoms with Gasteiger partial charge >= 0.3 is 0 Å². The van der Waals surface area contributed by atoms with E-state index in [0.29, 0.717) is 30.4 Å². The van der Waals surface area contributed by atoms with E-state index in [4.69, 9.17) is 18.6 Å². The first-order chi connectivity index (χ1) is 14.0. The van der Waals surface area contributed by atoms with E-state index >= 15 is 0 Å². The van der Waals surface area contributed by atoms with Gasteiger partial charge in [0.25, 0.3) is 5.91 Å². The van der Waals surface area contributed by atoms with Gasteiger partial charge in [0.05, 0.1) is 6.61 Å². The van der Waals surface area contributed by atoms with Gasteiger partial charge in [0.1, 0.15) is 30.5 Å². The van der Waals surface area contributed by atoms with Crippen LogP contribution >= 0.6 is 0 Å². The van der Waals surface area contributed by atoms with Gasteiger partial charge < -0.3 is 23.9 Å². The molecule has 1 amide bonds. The van der Waals surface area contributed by atoms with Crippen molar-refractivity contribution in [2.24, 2.45) is 0 Å². The summed E-state index contributed by atoms with van der Waals surface area (Å²) in [6.07, 6.45) is 0. The number of benzene rings is 2. The number of ether oxygens (including phenoxy) is 3. The maximum absolute atomic E-state index is 12.4. The van der Waals surface area contributed by atoms with E-state index in [-0.39, 0.29) is 18.3 Å². The molecule has 0 spiro atoms. The molecule has 152 valence electrons. The van der Waals surface area contributed by atoms with Gasteiger partial charge in [0, 0.05) is 12.8 Å². The van der Waals surface area contributed by atoms with Crippen molar-refractivity contribution >= 4 is 11.6 Å². The Morgan fingerprint density at radius 2 is 1.76 bits per heavy atom. The molecule has 0 atom stereocenters. The van der Waals surface area contributed by atoms with Crippen LogP contribution < -0.4 is 14.8 Å². The predicted octanol–water partition coefficient (Wildman–Crippen LogP) is 4.75. The Balaban J connectivity index is 1.53. The van der Waals surface area contributed by atoms with Crippen molar-refractivity contribution in [3.05, 3.63) is 77.2 Å². The van der Waals surface area contributed by atoms with Gasteiger partial charge in [-0.2, -0.15) is 0 Å². The molecule has 2 aromatic carbocycles. The summed E-state index contributed by atoms with van der Waals surface area (Å²) >= 11 is 0. The van der Waals surface area contributed by atoms with Crippen LogP contribution in [0.15, 0.2) is 59.0 Å². The number of nitrogens with one attached hydrogen (secondary N) is 1. The Morgan fingerprint density at radius 1 is 0.966 bits per heavy atom. The van der Waals surface area contributed by atoms with Crippen molar-refractivity contribution in [3.8, 4) is 11.5 Å². The normalized spacial score (nSPS) is 10.6. The molecule has 1 N–H and O–H groups in total. The molecule has 0 aliphatic rings. The molecule has 0 aliphatic carbocycles. The van der Waals surface area contributed by atoms with Crippen molar-refractivity contribution < 1.29 is 23.4 Å². The van der Waals surface area contributed by atoms with E-state index in [2.05, 4.69) is 11.4 Å². The molecular weight excluding hydrogens is 370 g/mol. The molecule has 1 heterocycles. The number of hydrogen-bond acceptors (Lipinski definition) is 5. The first kappa shape index (κ1) is 20.5. The minimum atomic E-state index is -0.323. The van der Waals surface area contributed by atoms with Crippen LogP contribution in [0.25, 0.3) is 0 Å². The highest BCUT2D eigenvalue weighted by Gasteiger charge is 2.12. The van der Waals surface area contributed by atoms with Crippen LogP contribution in [0.1, 0.15) is 27.4 Å². The molecule has 3 rings (SSSR count). The highest BCUT2D eigenvalue weighted by atomic mass is 16.5. The lowest BCUT2D eigenvalue weighted by Gasteiger charge is -2.08. The first-order valence-corrected chi connectivity index (χ1v) is 9.37. The third kappa shape index (κ3) is 5.86. The van der Waals surface area contributed by atoms with Gasteiger partial charge in [-0.15, -0.1) is 0 Å². The number of amides is 1. The van der Waals surface area contributed by atoms with E-state index in [0.717, 1.165) is 11.3 Å². The Labute approximate surface area is 170 Å². The zero-order valence-electron chi connectivity index (χ0n) is 16.9. The second-order valence-corrected chi connectivity index (χ2v) is 6.64. The van der Waals surface area contributed by atoms with Crippen LogP contribution in [-0.2, 0) is 11.3 Å². The molecule has 3 aromatic rings. The van der Waals surface area contributed by atoms with Gasteiger partial charge in [-0.25, -0.2) is 0 Å². The van der Waals surface area contributed by atoms with Gasteiger partial charge in [-0.1, -0.05) is 17.7 Å². The first-order valence-electron chi connectivity index (χ1n) is 9.37. The maximum atomic E-state index is 12.4. The van der Waals surface area contributed by atoms with E-state index in [1.807, 2.05) is 26.0 Å². The molecule has 0 radical (unpaired) electrons. The van der Waals surface area contributed by atoms with Crippen LogP contribution in [0.5, 0.6) is 11.5 Å². The van der Waals surface area contributed by atoms with Crippen molar-refractivity contribution in [1.82, 2.24) is 0 Å². The summed E-state index contributed by atoms with van der Waals surface area (Å²) in [6, 6.07) is 16.5. The Kier molecular flexibility index (Phi) is 6.92. The zero-order chi connectivity index (χ0) is 20.6.